The van der Waals surface area contributed by atoms with Gasteiger partial charge in [0, 0.05) is 12.6 Å². The van der Waals surface area contributed by atoms with Gasteiger partial charge in [-0.15, -0.1) is 12.4 Å². The minimum Gasteiger partial charge on any atom is -0.351 e. The zero-order valence-electron chi connectivity index (χ0n) is 15.4. The number of para-hydroxylation sites is 1. The Morgan fingerprint density at radius 2 is 2.00 bits per heavy atom. The van der Waals surface area contributed by atoms with Gasteiger partial charge in [-0.2, -0.15) is 0 Å². The Labute approximate surface area is 163 Å². The van der Waals surface area contributed by atoms with Crippen LogP contribution in [0.15, 0.2) is 28.8 Å². The van der Waals surface area contributed by atoms with Crippen LogP contribution in [0.3, 0.4) is 0 Å². The lowest BCUT2D eigenvalue weighted by atomic mass is 10.2. The SMILES string of the molecule is Cc1cc(C(=O)N(CCCN(C)C)c2nc3c(C)cccc3s2)on1.Cl. The summed E-state index contributed by atoms with van der Waals surface area (Å²) >= 11 is 1.53. The fourth-order valence-corrected chi connectivity index (χ4v) is 3.68. The summed E-state index contributed by atoms with van der Waals surface area (Å²) in [6.07, 6.45) is 0.848. The number of nitrogens with zero attached hydrogens (tertiary/aromatic N) is 4. The van der Waals surface area contributed by atoms with Crippen LogP contribution in [0.25, 0.3) is 10.2 Å². The number of rotatable bonds is 6. The van der Waals surface area contributed by atoms with Crippen molar-refractivity contribution in [1.82, 2.24) is 15.0 Å². The minimum absolute atomic E-state index is 0. The second-order valence-electron chi connectivity index (χ2n) is 6.36. The maximum absolute atomic E-state index is 12.9. The van der Waals surface area contributed by atoms with Gasteiger partial charge in [-0.1, -0.05) is 28.6 Å². The molecule has 26 heavy (non-hydrogen) atoms. The van der Waals surface area contributed by atoms with Crippen LogP contribution < -0.4 is 4.90 Å². The van der Waals surface area contributed by atoms with Crippen LogP contribution in [0, 0.1) is 13.8 Å². The Bertz CT molecular complexity index is 890. The molecule has 0 atom stereocenters. The van der Waals surface area contributed by atoms with E-state index in [0.717, 1.165) is 28.7 Å². The van der Waals surface area contributed by atoms with Gasteiger partial charge in [-0.25, -0.2) is 4.98 Å². The Hall–Kier alpha value is -1.96. The van der Waals surface area contributed by atoms with E-state index in [-0.39, 0.29) is 24.1 Å². The van der Waals surface area contributed by atoms with E-state index in [1.165, 1.54) is 11.3 Å². The quantitative estimate of drug-likeness (QED) is 0.634. The highest BCUT2D eigenvalue weighted by atomic mass is 35.5. The Morgan fingerprint density at radius 3 is 2.62 bits per heavy atom. The predicted molar refractivity (Wildman–Crippen MR) is 108 cm³/mol. The third kappa shape index (κ3) is 4.41. The van der Waals surface area contributed by atoms with E-state index in [4.69, 9.17) is 9.51 Å². The maximum Gasteiger partial charge on any atom is 0.298 e. The van der Waals surface area contributed by atoms with Gasteiger partial charge in [0.1, 0.15) is 0 Å². The first kappa shape index (κ1) is 20.4. The molecule has 0 aliphatic heterocycles. The van der Waals surface area contributed by atoms with Crippen molar-refractivity contribution in [3.63, 3.8) is 0 Å². The van der Waals surface area contributed by atoms with Gasteiger partial charge in [-0.3, -0.25) is 9.69 Å². The molecular weight excluding hydrogens is 372 g/mol. The summed E-state index contributed by atoms with van der Waals surface area (Å²) in [5.41, 5.74) is 2.74. The zero-order chi connectivity index (χ0) is 18.0. The van der Waals surface area contributed by atoms with E-state index in [2.05, 4.69) is 10.1 Å². The highest BCUT2D eigenvalue weighted by molar-refractivity contribution is 7.22. The standard InChI is InChI=1S/C18H22N4O2S.ClH/c1-12-7-5-8-15-16(12)19-18(25-15)22(10-6-9-21(3)4)17(23)14-11-13(2)20-24-14;/h5,7-8,11H,6,9-10H2,1-4H3;1H. The highest BCUT2D eigenvalue weighted by Gasteiger charge is 2.24. The number of hydrogen-bond acceptors (Lipinski definition) is 6. The third-order valence-electron chi connectivity index (χ3n) is 3.91. The molecule has 6 nitrogen and oxygen atoms in total. The number of thiazole rings is 1. The van der Waals surface area contributed by atoms with Crippen LogP contribution in [0.4, 0.5) is 5.13 Å². The zero-order valence-corrected chi connectivity index (χ0v) is 17.0. The molecule has 2 aromatic heterocycles. The van der Waals surface area contributed by atoms with E-state index >= 15 is 0 Å². The summed E-state index contributed by atoms with van der Waals surface area (Å²) < 4.78 is 6.26. The maximum atomic E-state index is 12.9. The van der Waals surface area contributed by atoms with Crippen LogP contribution in [0.2, 0.25) is 0 Å². The van der Waals surface area contributed by atoms with Crippen LogP contribution in [-0.2, 0) is 0 Å². The number of hydrogen-bond donors (Lipinski definition) is 0. The average molecular weight is 395 g/mol. The molecule has 1 amide bonds. The molecule has 0 N–H and O–H groups in total. The molecule has 0 spiro atoms. The minimum atomic E-state index is -0.198. The highest BCUT2D eigenvalue weighted by Crippen LogP contribution is 2.31. The van der Waals surface area contributed by atoms with Crippen molar-refractivity contribution in [1.29, 1.82) is 0 Å². The molecule has 8 heteroatoms. The van der Waals surface area contributed by atoms with Gasteiger partial charge in [0.15, 0.2) is 5.13 Å². The van der Waals surface area contributed by atoms with E-state index in [1.807, 2.05) is 39.2 Å². The summed E-state index contributed by atoms with van der Waals surface area (Å²) in [6.45, 7) is 5.31. The molecule has 0 bridgehead atoms. The second-order valence-corrected chi connectivity index (χ2v) is 7.37. The number of carbonyl (C=O) groups is 1. The number of carbonyl (C=O) groups excluding carboxylic acids is 1. The van der Waals surface area contributed by atoms with Crippen LogP contribution in [0.1, 0.15) is 28.2 Å². The van der Waals surface area contributed by atoms with Crippen molar-refractivity contribution >= 4 is 45.0 Å². The number of fused-ring (bicyclic) bond motifs is 1. The van der Waals surface area contributed by atoms with Crippen molar-refractivity contribution in [2.45, 2.75) is 20.3 Å². The lowest BCUT2D eigenvalue weighted by Crippen LogP contribution is -2.33. The fraction of sp³-hybridized carbons (Fsp3) is 0.389. The van der Waals surface area contributed by atoms with Crippen molar-refractivity contribution in [2.75, 3.05) is 32.1 Å². The molecule has 0 unspecified atom stereocenters. The Kier molecular flexibility index (Phi) is 6.75. The molecule has 3 rings (SSSR count). The smallest absolute Gasteiger partial charge is 0.298 e. The molecule has 0 aliphatic carbocycles. The third-order valence-corrected chi connectivity index (χ3v) is 4.95. The van der Waals surface area contributed by atoms with E-state index in [0.29, 0.717) is 17.4 Å². The number of halogens is 1. The van der Waals surface area contributed by atoms with Gasteiger partial charge in [0.25, 0.3) is 5.91 Å². The largest absolute Gasteiger partial charge is 0.351 e. The molecule has 0 fully saturated rings. The topological polar surface area (TPSA) is 62.5 Å². The van der Waals surface area contributed by atoms with Gasteiger partial charge in [0.2, 0.25) is 5.76 Å². The molecule has 0 saturated carbocycles. The molecule has 140 valence electrons. The molecule has 3 aromatic rings. The first-order chi connectivity index (χ1) is 12.0. The first-order valence-corrected chi connectivity index (χ1v) is 9.03. The summed E-state index contributed by atoms with van der Waals surface area (Å²) in [7, 11) is 4.04. The average Bonchev–Trinajstić information content (AvgIpc) is 3.18. The monoisotopic (exact) mass is 394 g/mol. The molecule has 1 aromatic carbocycles. The Balaban J connectivity index is 0.00000243. The fourth-order valence-electron chi connectivity index (χ4n) is 2.62. The molecule has 2 heterocycles. The number of amides is 1. The number of benzene rings is 1. The molecular formula is C18H23ClN4O2S. The molecule has 0 radical (unpaired) electrons. The van der Waals surface area contributed by atoms with Crippen molar-refractivity contribution in [3.05, 3.63) is 41.3 Å². The lowest BCUT2D eigenvalue weighted by Gasteiger charge is -2.19. The summed E-state index contributed by atoms with van der Waals surface area (Å²) in [5.74, 6) is 0.0504. The molecule has 0 saturated heterocycles. The van der Waals surface area contributed by atoms with Gasteiger partial charge in [-0.05, 0) is 52.5 Å². The summed E-state index contributed by atoms with van der Waals surface area (Å²) in [5, 5.41) is 4.53. The van der Waals surface area contributed by atoms with Crippen LogP contribution >= 0.6 is 23.7 Å². The van der Waals surface area contributed by atoms with Crippen LogP contribution in [0.5, 0.6) is 0 Å². The summed E-state index contributed by atoms with van der Waals surface area (Å²) in [4.78, 5) is 21.5. The second kappa shape index (κ2) is 8.62. The number of aromatic nitrogens is 2. The van der Waals surface area contributed by atoms with E-state index in [9.17, 15) is 4.79 Å². The van der Waals surface area contributed by atoms with E-state index in [1.54, 1.807) is 17.9 Å². The van der Waals surface area contributed by atoms with Crippen molar-refractivity contribution < 1.29 is 9.32 Å². The number of anilines is 1. The first-order valence-electron chi connectivity index (χ1n) is 8.22. The molecule has 0 aliphatic rings. The van der Waals surface area contributed by atoms with Crippen molar-refractivity contribution in [2.24, 2.45) is 0 Å². The van der Waals surface area contributed by atoms with Gasteiger partial charge >= 0.3 is 0 Å². The van der Waals surface area contributed by atoms with Crippen LogP contribution in [-0.4, -0.2) is 48.1 Å². The normalized spacial score (nSPS) is 11.0. The van der Waals surface area contributed by atoms with E-state index < -0.39 is 0 Å². The number of aryl methyl sites for hydroxylation is 2. The van der Waals surface area contributed by atoms with Crippen molar-refractivity contribution in [3.8, 4) is 0 Å². The van der Waals surface area contributed by atoms with Gasteiger partial charge in [0.05, 0.1) is 15.9 Å². The predicted octanol–water partition coefficient (Wildman–Crippen LogP) is 3.92. The van der Waals surface area contributed by atoms with Gasteiger partial charge < -0.3 is 9.42 Å². The Morgan fingerprint density at radius 1 is 1.23 bits per heavy atom. The lowest BCUT2D eigenvalue weighted by molar-refractivity contribution is 0.0950. The summed E-state index contributed by atoms with van der Waals surface area (Å²) in [6, 6.07) is 7.74.